The van der Waals surface area contributed by atoms with Crippen molar-refractivity contribution in [2.24, 2.45) is 5.16 Å². The fourth-order valence-electron chi connectivity index (χ4n) is 2.71. The molecule has 0 unspecified atom stereocenters. The van der Waals surface area contributed by atoms with Crippen molar-refractivity contribution in [1.82, 2.24) is 4.98 Å². The number of aromatic nitrogens is 1. The Hall–Kier alpha value is -3.37. The molecule has 7 nitrogen and oxygen atoms in total. The molecule has 0 aliphatic heterocycles. The summed E-state index contributed by atoms with van der Waals surface area (Å²) < 4.78 is 45.3. The normalized spacial score (nSPS) is 11.9. The van der Waals surface area contributed by atoms with Crippen molar-refractivity contribution in [1.29, 1.82) is 0 Å². The molecule has 12 heteroatoms. The van der Waals surface area contributed by atoms with E-state index in [4.69, 9.17) is 32.8 Å². The second-order valence-electron chi connectivity index (χ2n) is 6.58. The number of rotatable bonds is 7. The first-order valence-corrected chi connectivity index (χ1v) is 9.91. The van der Waals surface area contributed by atoms with Gasteiger partial charge in [0, 0.05) is 28.3 Å². The largest absolute Gasteiger partial charge is 0.437 e. The van der Waals surface area contributed by atoms with Crippen molar-refractivity contribution in [3.63, 3.8) is 0 Å². The lowest BCUT2D eigenvalue weighted by Crippen LogP contribution is -2.12. The smallest absolute Gasteiger partial charge is 0.417 e. The summed E-state index contributed by atoms with van der Waals surface area (Å²) in [5, 5.41) is 14.8. The quantitative estimate of drug-likeness (QED) is 0.197. The summed E-state index contributed by atoms with van der Waals surface area (Å²) in [4.78, 5) is 19.2. The van der Waals surface area contributed by atoms with Gasteiger partial charge >= 0.3 is 6.18 Å². The van der Waals surface area contributed by atoms with Crippen LogP contribution in [0.5, 0.6) is 11.6 Å². The molecule has 0 radical (unpaired) electrons. The molecule has 0 aliphatic carbocycles. The highest BCUT2D eigenvalue weighted by molar-refractivity contribution is 6.32. The molecule has 33 heavy (non-hydrogen) atoms. The SMILES string of the molecule is C/C(=N\OCc1cccc(Oc2ccc([N+](=O)[O-])cn2)c1Cl)c1cc(Cl)ccc1C(F)(F)F. The zero-order chi connectivity index (χ0) is 24.2. The van der Waals surface area contributed by atoms with E-state index in [-0.39, 0.29) is 45.2 Å². The zero-order valence-corrected chi connectivity index (χ0v) is 18.3. The van der Waals surface area contributed by atoms with Crippen LogP contribution in [-0.4, -0.2) is 15.6 Å². The van der Waals surface area contributed by atoms with Crippen LogP contribution in [0.4, 0.5) is 18.9 Å². The Balaban J connectivity index is 1.74. The van der Waals surface area contributed by atoms with Gasteiger partial charge in [-0.2, -0.15) is 13.2 Å². The molecule has 0 atom stereocenters. The average Bonchev–Trinajstić information content (AvgIpc) is 2.75. The van der Waals surface area contributed by atoms with Gasteiger partial charge in [0.15, 0.2) is 0 Å². The summed E-state index contributed by atoms with van der Waals surface area (Å²) >= 11 is 12.2. The van der Waals surface area contributed by atoms with Crippen LogP contribution >= 0.6 is 23.2 Å². The van der Waals surface area contributed by atoms with Crippen molar-refractivity contribution < 1.29 is 27.7 Å². The molecular formula is C21H14Cl2F3N3O4. The Bertz CT molecular complexity index is 1200. The molecule has 0 fully saturated rings. The number of hydrogen-bond donors (Lipinski definition) is 0. The van der Waals surface area contributed by atoms with Gasteiger partial charge in [0.1, 0.15) is 18.6 Å². The number of alkyl halides is 3. The highest BCUT2D eigenvalue weighted by Gasteiger charge is 2.34. The number of nitrogens with zero attached hydrogens (tertiary/aromatic N) is 3. The number of halogens is 5. The van der Waals surface area contributed by atoms with Gasteiger partial charge < -0.3 is 9.57 Å². The molecule has 0 saturated heterocycles. The van der Waals surface area contributed by atoms with Crippen LogP contribution in [0.2, 0.25) is 10.0 Å². The summed E-state index contributed by atoms with van der Waals surface area (Å²) in [7, 11) is 0. The zero-order valence-electron chi connectivity index (χ0n) is 16.8. The van der Waals surface area contributed by atoms with Crippen LogP contribution in [0.3, 0.4) is 0 Å². The molecule has 172 valence electrons. The van der Waals surface area contributed by atoms with Gasteiger partial charge in [-0.15, -0.1) is 0 Å². The highest BCUT2D eigenvalue weighted by atomic mass is 35.5. The first kappa shape index (κ1) is 24.3. The van der Waals surface area contributed by atoms with E-state index >= 15 is 0 Å². The third kappa shape index (κ3) is 6.11. The number of pyridine rings is 1. The minimum atomic E-state index is -4.59. The Morgan fingerprint density at radius 3 is 2.58 bits per heavy atom. The molecule has 3 rings (SSSR count). The van der Waals surface area contributed by atoms with Crippen molar-refractivity contribution in [3.8, 4) is 11.6 Å². The Morgan fingerprint density at radius 1 is 1.18 bits per heavy atom. The molecule has 1 aromatic heterocycles. The van der Waals surface area contributed by atoms with Gasteiger partial charge in [-0.1, -0.05) is 40.5 Å². The predicted octanol–water partition coefficient (Wildman–Crippen LogP) is 7.05. The lowest BCUT2D eigenvalue weighted by molar-refractivity contribution is -0.385. The van der Waals surface area contributed by atoms with Gasteiger partial charge in [-0.25, -0.2) is 4.98 Å². The van der Waals surface area contributed by atoms with E-state index in [9.17, 15) is 23.3 Å². The second kappa shape index (κ2) is 10.1. The molecule has 0 saturated carbocycles. The molecular weight excluding hydrogens is 486 g/mol. The fourth-order valence-corrected chi connectivity index (χ4v) is 3.10. The average molecular weight is 500 g/mol. The number of ether oxygens (including phenoxy) is 1. The van der Waals surface area contributed by atoms with Gasteiger partial charge in [-0.3, -0.25) is 10.1 Å². The Labute approximate surface area is 195 Å². The fraction of sp³-hybridized carbons (Fsp3) is 0.143. The van der Waals surface area contributed by atoms with E-state index in [2.05, 4.69) is 10.1 Å². The van der Waals surface area contributed by atoms with E-state index in [1.165, 1.54) is 19.1 Å². The van der Waals surface area contributed by atoms with Crippen LogP contribution in [0, 0.1) is 10.1 Å². The van der Waals surface area contributed by atoms with Gasteiger partial charge in [-0.05, 0) is 31.2 Å². The Morgan fingerprint density at radius 2 is 1.94 bits per heavy atom. The Kier molecular flexibility index (Phi) is 7.39. The van der Waals surface area contributed by atoms with E-state index in [0.29, 0.717) is 5.56 Å². The predicted molar refractivity (Wildman–Crippen MR) is 116 cm³/mol. The number of hydrogen-bond acceptors (Lipinski definition) is 6. The summed E-state index contributed by atoms with van der Waals surface area (Å²) in [6, 6.07) is 10.5. The molecule has 2 aromatic carbocycles. The maximum atomic E-state index is 13.3. The van der Waals surface area contributed by atoms with Gasteiger partial charge in [0.05, 0.1) is 21.2 Å². The van der Waals surface area contributed by atoms with Crippen LogP contribution in [-0.2, 0) is 17.6 Å². The summed E-state index contributed by atoms with van der Waals surface area (Å²) in [6.07, 6.45) is -3.55. The summed E-state index contributed by atoms with van der Waals surface area (Å²) in [5.74, 6) is 0.282. The highest BCUT2D eigenvalue weighted by Crippen LogP contribution is 2.34. The lowest BCUT2D eigenvalue weighted by atomic mass is 10.0. The molecule has 0 amide bonds. The van der Waals surface area contributed by atoms with Crippen molar-refractivity contribution in [2.75, 3.05) is 0 Å². The number of oxime groups is 1. The minimum Gasteiger partial charge on any atom is -0.437 e. The lowest BCUT2D eigenvalue weighted by Gasteiger charge is -2.13. The van der Waals surface area contributed by atoms with Crippen LogP contribution < -0.4 is 4.74 Å². The molecule has 1 heterocycles. The molecule has 0 N–H and O–H groups in total. The summed E-state index contributed by atoms with van der Waals surface area (Å²) in [6.45, 7) is 1.20. The van der Waals surface area contributed by atoms with E-state index < -0.39 is 16.7 Å². The first-order chi connectivity index (χ1) is 15.6. The number of nitro groups is 1. The monoisotopic (exact) mass is 499 g/mol. The maximum Gasteiger partial charge on any atom is 0.417 e. The molecule has 0 spiro atoms. The van der Waals surface area contributed by atoms with E-state index in [1.807, 2.05) is 0 Å². The number of benzene rings is 2. The van der Waals surface area contributed by atoms with E-state index in [1.54, 1.807) is 18.2 Å². The van der Waals surface area contributed by atoms with Crippen LogP contribution in [0.1, 0.15) is 23.6 Å². The van der Waals surface area contributed by atoms with Crippen LogP contribution in [0.15, 0.2) is 59.9 Å². The van der Waals surface area contributed by atoms with Crippen molar-refractivity contribution >= 4 is 34.6 Å². The van der Waals surface area contributed by atoms with Crippen molar-refractivity contribution in [3.05, 3.63) is 91.6 Å². The standard InChI is InChI=1S/C21H14Cl2F3N3O4/c1-12(16-9-14(22)5-7-17(16)21(24,25)26)28-32-11-13-3-2-4-18(20(13)23)33-19-8-6-15(10-27-19)29(30)31/h2-10H,11H2,1H3/b28-12+. The molecule has 0 aliphatic rings. The second-order valence-corrected chi connectivity index (χ2v) is 7.40. The molecule has 3 aromatic rings. The van der Waals surface area contributed by atoms with Crippen molar-refractivity contribution in [2.45, 2.75) is 19.7 Å². The van der Waals surface area contributed by atoms with E-state index in [0.717, 1.165) is 24.4 Å². The summed E-state index contributed by atoms with van der Waals surface area (Å²) in [5.41, 5.74) is -0.876. The maximum absolute atomic E-state index is 13.3. The van der Waals surface area contributed by atoms with Crippen LogP contribution in [0.25, 0.3) is 0 Å². The molecule has 0 bridgehead atoms. The first-order valence-electron chi connectivity index (χ1n) is 9.15. The van der Waals surface area contributed by atoms with Gasteiger partial charge in [0.2, 0.25) is 5.88 Å². The third-order valence-corrected chi connectivity index (χ3v) is 4.95. The topological polar surface area (TPSA) is 86.8 Å². The third-order valence-electron chi connectivity index (χ3n) is 4.29. The minimum absolute atomic E-state index is 0.0246. The van der Waals surface area contributed by atoms with Gasteiger partial charge in [0.25, 0.3) is 5.69 Å².